The standard InChI is InChI=1S/C14H20BFO4/c1-19-11-3-2-4-12(8-11)20-9-10-5-6-14(16)13(7-10)15(17)18/h5-7,11-12,17-18H,2-4,8-9H2,1H3. The lowest BCUT2D eigenvalue weighted by atomic mass is 9.79. The van der Waals surface area contributed by atoms with Crippen molar-refractivity contribution in [2.75, 3.05) is 7.11 Å². The summed E-state index contributed by atoms with van der Waals surface area (Å²) in [5.41, 5.74) is 0.610. The van der Waals surface area contributed by atoms with Gasteiger partial charge in [-0.25, -0.2) is 4.39 Å². The van der Waals surface area contributed by atoms with E-state index in [1.54, 1.807) is 13.2 Å². The summed E-state index contributed by atoms with van der Waals surface area (Å²) in [5, 5.41) is 18.1. The summed E-state index contributed by atoms with van der Waals surface area (Å²) in [6.45, 7) is 0.334. The molecular formula is C14H20BFO4. The third-order valence-corrected chi connectivity index (χ3v) is 3.74. The number of rotatable bonds is 5. The highest BCUT2D eigenvalue weighted by atomic mass is 19.1. The van der Waals surface area contributed by atoms with Crippen LogP contribution < -0.4 is 5.46 Å². The monoisotopic (exact) mass is 282 g/mol. The van der Waals surface area contributed by atoms with E-state index in [0.717, 1.165) is 31.2 Å². The SMILES string of the molecule is COC1CCCC(OCc2ccc(F)c(B(O)O)c2)C1. The van der Waals surface area contributed by atoms with Gasteiger partial charge in [-0.15, -0.1) is 0 Å². The highest BCUT2D eigenvalue weighted by Gasteiger charge is 2.22. The van der Waals surface area contributed by atoms with Gasteiger partial charge in [-0.1, -0.05) is 12.1 Å². The van der Waals surface area contributed by atoms with Gasteiger partial charge in [0, 0.05) is 12.6 Å². The van der Waals surface area contributed by atoms with E-state index in [0.29, 0.717) is 6.61 Å². The van der Waals surface area contributed by atoms with Gasteiger partial charge in [0.2, 0.25) is 0 Å². The number of hydrogen-bond acceptors (Lipinski definition) is 4. The maximum absolute atomic E-state index is 13.3. The molecule has 2 N–H and O–H groups in total. The van der Waals surface area contributed by atoms with E-state index < -0.39 is 12.9 Å². The van der Waals surface area contributed by atoms with Crippen LogP contribution in [-0.4, -0.2) is 36.5 Å². The molecule has 0 bridgehead atoms. The lowest BCUT2D eigenvalue weighted by Gasteiger charge is -2.28. The Morgan fingerprint density at radius 1 is 1.30 bits per heavy atom. The number of benzene rings is 1. The molecule has 0 radical (unpaired) electrons. The van der Waals surface area contributed by atoms with Crippen LogP contribution >= 0.6 is 0 Å². The van der Waals surface area contributed by atoms with Gasteiger partial charge in [-0.05, 0) is 37.3 Å². The molecule has 0 spiro atoms. The first-order chi connectivity index (χ1) is 9.60. The van der Waals surface area contributed by atoms with Crippen LogP contribution in [0, 0.1) is 5.82 Å². The van der Waals surface area contributed by atoms with E-state index in [1.165, 1.54) is 12.1 Å². The second kappa shape index (κ2) is 7.17. The van der Waals surface area contributed by atoms with Crippen LogP contribution in [0.15, 0.2) is 18.2 Å². The van der Waals surface area contributed by atoms with Gasteiger partial charge in [0.25, 0.3) is 0 Å². The lowest BCUT2D eigenvalue weighted by molar-refractivity contribution is -0.0363. The molecule has 1 aromatic carbocycles. The Kier molecular flexibility index (Phi) is 5.54. The summed E-state index contributed by atoms with van der Waals surface area (Å²) in [6, 6.07) is 4.25. The fourth-order valence-electron chi connectivity index (χ4n) is 2.56. The predicted octanol–water partition coefficient (Wildman–Crippen LogP) is 0.980. The third-order valence-electron chi connectivity index (χ3n) is 3.74. The van der Waals surface area contributed by atoms with Gasteiger partial charge in [0.15, 0.2) is 0 Å². The Balaban J connectivity index is 1.92. The summed E-state index contributed by atoms with van der Waals surface area (Å²) < 4.78 is 24.5. The highest BCUT2D eigenvalue weighted by molar-refractivity contribution is 6.58. The maximum atomic E-state index is 13.3. The molecule has 1 fully saturated rings. The van der Waals surface area contributed by atoms with E-state index in [9.17, 15) is 4.39 Å². The topological polar surface area (TPSA) is 58.9 Å². The molecule has 2 unspecified atom stereocenters. The van der Waals surface area contributed by atoms with Gasteiger partial charge in [0.1, 0.15) is 5.82 Å². The van der Waals surface area contributed by atoms with Gasteiger partial charge in [-0.2, -0.15) is 0 Å². The lowest BCUT2D eigenvalue weighted by Crippen LogP contribution is -2.33. The summed E-state index contributed by atoms with van der Waals surface area (Å²) >= 11 is 0. The van der Waals surface area contributed by atoms with Crippen LogP contribution in [0.5, 0.6) is 0 Å². The Hall–Kier alpha value is -0.945. The van der Waals surface area contributed by atoms with Gasteiger partial charge >= 0.3 is 7.12 Å². The van der Waals surface area contributed by atoms with Crippen molar-refractivity contribution >= 4 is 12.6 Å². The van der Waals surface area contributed by atoms with Crippen molar-refractivity contribution < 1.29 is 23.9 Å². The summed E-state index contributed by atoms with van der Waals surface area (Å²) in [4.78, 5) is 0. The minimum Gasteiger partial charge on any atom is -0.423 e. The van der Waals surface area contributed by atoms with Crippen LogP contribution in [0.4, 0.5) is 4.39 Å². The number of ether oxygens (including phenoxy) is 2. The zero-order chi connectivity index (χ0) is 14.5. The maximum Gasteiger partial charge on any atom is 0.491 e. The zero-order valence-electron chi connectivity index (χ0n) is 11.6. The Morgan fingerprint density at radius 3 is 2.75 bits per heavy atom. The zero-order valence-corrected chi connectivity index (χ0v) is 11.6. The molecule has 6 heteroatoms. The first-order valence-electron chi connectivity index (χ1n) is 6.89. The van der Waals surface area contributed by atoms with Crippen molar-refractivity contribution in [1.29, 1.82) is 0 Å². The molecule has 1 aromatic rings. The Morgan fingerprint density at radius 2 is 2.05 bits per heavy atom. The van der Waals surface area contributed by atoms with Gasteiger partial charge in [-0.3, -0.25) is 0 Å². The molecule has 1 saturated carbocycles. The van der Waals surface area contributed by atoms with Crippen molar-refractivity contribution in [2.24, 2.45) is 0 Å². The highest BCUT2D eigenvalue weighted by Crippen LogP contribution is 2.23. The Labute approximate surface area is 118 Å². The van der Waals surface area contributed by atoms with Gasteiger partial charge < -0.3 is 19.5 Å². The van der Waals surface area contributed by atoms with Crippen LogP contribution in [-0.2, 0) is 16.1 Å². The first-order valence-corrected chi connectivity index (χ1v) is 6.89. The largest absolute Gasteiger partial charge is 0.491 e. The smallest absolute Gasteiger partial charge is 0.423 e. The second-order valence-corrected chi connectivity index (χ2v) is 5.19. The number of hydrogen-bond donors (Lipinski definition) is 2. The Bertz CT molecular complexity index is 441. The number of methoxy groups -OCH3 is 1. The van der Waals surface area contributed by atoms with Crippen molar-refractivity contribution in [3.05, 3.63) is 29.6 Å². The minimum atomic E-state index is -1.80. The van der Waals surface area contributed by atoms with Crippen molar-refractivity contribution in [3.63, 3.8) is 0 Å². The van der Waals surface area contributed by atoms with Crippen LogP contribution in [0.1, 0.15) is 31.2 Å². The third kappa shape index (κ3) is 4.02. The molecule has 0 aromatic heterocycles. The van der Waals surface area contributed by atoms with Crippen LogP contribution in [0.3, 0.4) is 0 Å². The average Bonchev–Trinajstić information content (AvgIpc) is 2.46. The van der Waals surface area contributed by atoms with Gasteiger partial charge in [0.05, 0.1) is 18.8 Å². The summed E-state index contributed by atoms with van der Waals surface area (Å²) in [6.07, 6.45) is 4.39. The molecule has 4 nitrogen and oxygen atoms in total. The van der Waals surface area contributed by atoms with Crippen molar-refractivity contribution in [3.8, 4) is 0 Å². The quantitative estimate of drug-likeness (QED) is 0.790. The molecule has 110 valence electrons. The minimum absolute atomic E-state index is 0.121. The van der Waals surface area contributed by atoms with E-state index in [1.807, 2.05) is 0 Å². The molecule has 20 heavy (non-hydrogen) atoms. The first kappa shape index (κ1) is 15.4. The molecule has 0 amide bonds. The summed E-state index contributed by atoms with van der Waals surface area (Å²) in [5.74, 6) is -0.624. The van der Waals surface area contributed by atoms with E-state index in [4.69, 9.17) is 19.5 Å². The molecule has 1 aliphatic carbocycles. The molecular weight excluding hydrogens is 262 g/mol. The number of halogens is 1. The van der Waals surface area contributed by atoms with Crippen LogP contribution in [0.2, 0.25) is 0 Å². The summed E-state index contributed by atoms with van der Waals surface area (Å²) in [7, 11) is -0.0930. The predicted molar refractivity (Wildman–Crippen MR) is 74.1 cm³/mol. The van der Waals surface area contributed by atoms with Crippen LogP contribution in [0.25, 0.3) is 0 Å². The molecule has 2 atom stereocenters. The normalized spacial score (nSPS) is 22.8. The van der Waals surface area contributed by atoms with Crippen molar-refractivity contribution in [2.45, 2.75) is 44.5 Å². The molecule has 0 saturated heterocycles. The molecule has 1 aliphatic rings. The van der Waals surface area contributed by atoms with E-state index in [-0.39, 0.29) is 17.7 Å². The molecule has 2 rings (SSSR count). The molecule has 0 heterocycles. The fourth-order valence-corrected chi connectivity index (χ4v) is 2.56. The van der Waals surface area contributed by atoms with E-state index >= 15 is 0 Å². The van der Waals surface area contributed by atoms with E-state index in [2.05, 4.69) is 0 Å². The average molecular weight is 282 g/mol. The fraction of sp³-hybridized carbons (Fsp3) is 0.571. The molecule has 0 aliphatic heterocycles. The van der Waals surface area contributed by atoms with Crippen molar-refractivity contribution in [1.82, 2.24) is 0 Å². The second-order valence-electron chi connectivity index (χ2n) is 5.19.